The molecule has 25 heavy (non-hydrogen) atoms. The van der Waals surface area contributed by atoms with E-state index in [4.69, 9.17) is 0 Å². The first-order valence-corrected chi connectivity index (χ1v) is 10.4. The summed E-state index contributed by atoms with van der Waals surface area (Å²) >= 11 is 0. The van der Waals surface area contributed by atoms with Crippen LogP contribution in [-0.2, 0) is 23.1 Å². The fraction of sp³-hybridized carbons (Fsp3) is 0.529. The molecular formula is C17H23N5O2S. The molecule has 0 radical (unpaired) electrons. The Balaban J connectivity index is 1.50. The lowest BCUT2D eigenvalue weighted by molar-refractivity contribution is 0.327. The SMILES string of the molecule is O=S(=O)(CC1CCNCC1)N1CCn2c(nnc2-c2ccccc2)C1. The molecule has 1 fully saturated rings. The van der Waals surface area contributed by atoms with E-state index in [1.54, 1.807) is 4.31 Å². The van der Waals surface area contributed by atoms with Gasteiger partial charge < -0.3 is 9.88 Å². The van der Waals surface area contributed by atoms with Gasteiger partial charge in [-0.2, -0.15) is 4.31 Å². The van der Waals surface area contributed by atoms with Gasteiger partial charge in [0.15, 0.2) is 5.82 Å². The second-order valence-electron chi connectivity index (χ2n) is 6.76. The van der Waals surface area contributed by atoms with Gasteiger partial charge in [-0.15, -0.1) is 10.2 Å². The third kappa shape index (κ3) is 3.47. The molecule has 1 aromatic carbocycles. The molecule has 2 aliphatic rings. The molecule has 0 aliphatic carbocycles. The van der Waals surface area contributed by atoms with Crippen LogP contribution in [-0.4, -0.2) is 52.9 Å². The average molecular weight is 361 g/mol. The van der Waals surface area contributed by atoms with Gasteiger partial charge in [0.25, 0.3) is 0 Å². The van der Waals surface area contributed by atoms with Crippen molar-refractivity contribution < 1.29 is 8.42 Å². The molecule has 1 N–H and O–H groups in total. The van der Waals surface area contributed by atoms with Crippen LogP contribution in [0, 0.1) is 5.92 Å². The molecule has 0 saturated carbocycles. The summed E-state index contributed by atoms with van der Waals surface area (Å²) in [6.45, 7) is 3.22. The van der Waals surface area contributed by atoms with E-state index in [0.29, 0.717) is 19.6 Å². The van der Waals surface area contributed by atoms with Gasteiger partial charge in [0.05, 0.1) is 12.3 Å². The lowest BCUT2D eigenvalue weighted by Gasteiger charge is -2.30. The number of hydrogen-bond donors (Lipinski definition) is 1. The lowest BCUT2D eigenvalue weighted by Crippen LogP contribution is -2.42. The van der Waals surface area contributed by atoms with Gasteiger partial charge in [-0.05, 0) is 31.8 Å². The molecule has 0 bridgehead atoms. The van der Waals surface area contributed by atoms with Crippen LogP contribution in [0.5, 0.6) is 0 Å². The van der Waals surface area contributed by atoms with Crippen molar-refractivity contribution in [3.05, 3.63) is 36.2 Å². The third-order valence-corrected chi connectivity index (χ3v) is 7.04. The predicted molar refractivity (Wildman–Crippen MR) is 95.2 cm³/mol. The van der Waals surface area contributed by atoms with E-state index in [0.717, 1.165) is 43.1 Å². The highest BCUT2D eigenvalue weighted by Gasteiger charge is 2.31. The van der Waals surface area contributed by atoms with Crippen LogP contribution in [0.15, 0.2) is 30.3 Å². The molecule has 1 aromatic heterocycles. The van der Waals surface area contributed by atoms with Gasteiger partial charge >= 0.3 is 0 Å². The fourth-order valence-electron chi connectivity index (χ4n) is 3.63. The molecule has 4 rings (SSSR count). The van der Waals surface area contributed by atoms with E-state index in [1.165, 1.54) is 0 Å². The fourth-order valence-corrected chi connectivity index (χ4v) is 5.44. The monoisotopic (exact) mass is 361 g/mol. The van der Waals surface area contributed by atoms with E-state index < -0.39 is 10.0 Å². The summed E-state index contributed by atoms with van der Waals surface area (Å²) in [6.07, 6.45) is 1.86. The van der Waals surface area contributed by atoms with Gasteiger partial charge in [-0.1, -0.05) is 30.3 Å². The Kier molecular flexibility index (Phi) is 4.58. The van der Waals surface area contributed by atoms with Crippen molar-refractivity contribution in [2.45, 2.75) is 25.9 Å². The minimum absolute atomic E-state index is 0.244. The van der Waals surface area contributed by atoms with Crippen LogP contribution in [0.3, 0.4) is 0 Å². The van der Waals surface area contributed by atoms with Crippen LogP contribution in [0.1, 0.15) is 18.7 Å². The number of sulfonamides is 1. The highest BCUT2D eigenvalue weighted by Crippen LogP contribution is 2.24. The first-order chi connectivity index (χ1) is 12.1. The van der Waals surface area contributed by atoms with Crippen molar-refractivity contribution in [1.82, 2.24) is 24.4 Å². The van der Waals surface area contributed by atoms with E-state index in [2.05, 4.69) is 15.5 Å². The first kappa shape index (κ1) is 16.7. The molecule has 2 aliphatic heterocycles. The number of aromatic nitrogens is 3. The normalized spacial score (nSPS) is 19.7. The Morgan fingerprint density at radius 2 is 1.84 bits per heavy atom. The summed E-state index contributed by atoms with van der Waals surface area (Å²) in [6, 6.07) is 9.90. The minimum Gasteiger partial charge on any atom is -0.317 e. The maximum atomic E-state index is 12.8. The summed E-state index contributed by atoms with van der Waals surface area (Å²) in [7, 11) is -3.26. The van der Waals surface area contributed by atoms with Crippen LogP contribution in [0.4, 0.5) is 0 Å². The second-order valence-corrected chi connectivity index (χ2v) is 8.78. The van der Waals surface area contributed by atoms with E-state index in [9.17, 15) is 8.42 Å². The maximum Gasteiger partial charge on any atom is 0.214 e. The zero-order valence-electron chi connectivity index (χ0n) is 14.1. The Bertz CT molecular complexity index is 828. The number of nitrogens with zero attached hydrogens (tertiary/aromatic N) is 4. The summed E-state index contributed by atoms with van der Waals surface area (Å²) < 4.78 is 29.2. The molecule has 0 spiro atoms. The first-order valence-electron chi connectivity index (χ1n) is 8.79. The van der Waals surface area contributed by atoms with Crippen molar-refractivity contribution in [3.63, 3.8) is 0 Å². The highest BCUT2D eigenvalue weighted by atomic mass is 32.2. The molecule has 3 heterocycles. The molecule has 7 nitrogen and oxygen atoms in total. The number of hydrogen-bond acceptors (Lipinski definition) is 5. The zero-order chi connectivity index (χ0) is 17.3. The molecule has 0 amide bonds. The van der Waals surface area contributed by atoms with Crippen LogP contribution >= 0.6 is 0 Å². The maximum absolute atomic E-state index is 12.8. The summed E-state index contributed by atoms with van der Waals surface area (Å²) in [5.74, 6) is 2.03. The van der Waals surface area contributed by atoms with Gasteiger partial charge in [-0.25, -0.2) is 8.42 Å². The van der Waals surface area contributed by atoms with E-state index >= 15 is 0 Å². The minimum atomic E-state index is -3.26. The van der Waals surface area contributed by atoms with Crippen LogP contribution < -0.4 is 5.32 Å². The number of rotatable bonds is 4. The summed E-state index contributed by atoms with van der Waals surface area (Å²) in [4.78, 5) is 0. The molecular weight excluding hydrogens is 338 g/mol. The zero-order valence-corrected chi connectivity index (χ0v) is 15.0. The van der Waals surface area contributed by atoms with Crippen molar-refractivity contribution in [3.8, 4) is 11.4 Å². The number of nitrogens with one attached hydrogen (secondary N) is 1. The summed E-state index contributed by atoms with van der Waals surface area (Å²) in [5, 5.41) is 11.8. The Morgan fingerprint density at radius 3 is 2.60 bits per heavy atom. The smallest absolute Gasteiger partial charge is 0.214 e. The Morgan fingerprint density at radius 1 is 1.08 bits per heavy atom. The average Bonchev–Trinajstić information content (AvgIpc) is 3.06. The summed E-state index contributed by atoms with van der Waals surface area (Å²) in [5.41, 5.74) is 1.01. The van der Waals surface area contributed by atoms with Gasteiger partial charge in [0, 0.05) is 18.7 Å². The highest BCUT2D eigenvalue weighted by molar-refractivity contribution is 7.89. The number of piperidine rings is 1. The quantitative estimate of drug-likeness (QED) is 0.882. The topological polar surface area (TPSA) is 80.1 Å². The van der Waals surface area contributed by atoms with Crippen LogP contribution in [0.2, 0.25) is 0 Å². The molecule has 8 heteroatoms. The van der Waals surface area contributed by atoms with Crippen LogP contribution in [0.25, 0.3) is 11.4 Å². The van der Waals surface area contributed by atoms with Gasteiger partial charge in [-0.3, -0.25) is 0 Å². The van der Waals surface area contributed by atoms with Crippen molar-refractivity contribution in [1.29, 1.82) is 0 Å². The molecule has 134 valence electrons. The third-order valence-electron chi connectivity index (χ3n) is 5.05. The number of benzene rings is 1. The van der Waals surface area contributed by atoms with Crippen molar-refractivity contribution in [2.75, 3.05) is 25.4 Å². The predicted octanol–water partition coefficient (Wildman–Crippen LogP) is 1.09. The lowest BCUT2D eigenvalue weighted by atomic mass is 10.0. The largest absolute Gasteiger partial charge is 0.317 e. The Hall–Kier alpha value is -1.77. The van der Waals surface area contributed by atoms with Gasteiger partial charge in [0.1, 0.15) is 5.82 Å². The van der Waals surface area contributed by atoms with E-state index in [1.807, 2.05) is 34.9 Å². The molecule has 0 atom stereocenters. The van der Waals surface area contributed by atoms with Crippen molar-refractivity contribution in [2.24, 2.45) is 5.92 Å². The molecule has 0 unspecified atom stereocenters. The van der Waals surface area contributed by atoms with Crippen molar-refractivity contribution >= 4 is 10.0 Å². The number of fused-ring (bicyclic) bond motifs is 1. The van der Waals surface area contributed by atoms with E-state index in [-0.39, 0.29) is 11.7 Å². The second kappa shape index (κ2) is 6.86. The van der Waals surface area contributed by atoms with Gasteiger partial charge in [0.2, 0.25) is 10.0 Å². The Labute approximate surface area is 148 Å². The molecule has 2 aromatic rings. The molecule has 1 saturated heterocycles. The standard InChI is InChI=1S/C17H23N5O2S/c23-25(24,13-14-6-8-18-9-7-14)21-10-11-22-16(12-21)19-20-17(22)15-4-2-1-3-5-15/h1-5,14,18H,6-13H2.